The molecule has 1 atom stereocenters. The van der Waals surface area contributed by atoms with Gasteiger partial charge in [-0.2, -0.15) is 17.0 Å². The van der Waals surface area contributed by atoms with E-state index in [0.29, 0.717) is 19.0 Å². The first kappa shape index (κ1) is 13.2. The lowest BCUT2D eigenvalue weighted by Gasteiger charge is -2.32. The Bertz CT molecular complexity index is 280. The SMILES string of the molecule is CC(CCl)N(C)S(=O)(=O)N1CCCCC1. The van der Waals surface area contributed by atoms with E-state index in [1.54, 1.807) is 11.4 Å². The molecule has 0 amide bonds. The summed E-state index contributed by atoms with van der Waals surface area (Å²) in [5.74, 6) is 0.323. The third-order valence-corrected chi connectivity index (χ3v) is 5.40. The second-order valence-corrected chi connectivity index (χ2v) is 6.28. The van der Waals surface area contributed by atoms with Gasteiger partial charge in [0.15, 0.2) is 0 Å². The molecule has 0 aromatic rings. The quantitative estimate of drug-likeness (QED) is 0.709. The van der Waals surface area contributed by atoms with Crippen molar-refractivity contribution in [1.29, 1.82) is 0 Å². The van der Waals surface area contributed by atoms with Gasteiger partial charge in [-0.05, 0) is 19.8 Å². The van der Waals surface area contributed by atoms with Crippen LogP contribution >= 0.6 is 11.6 Å². The van der Waals surface area contributed by atoms with Gasteiger partial charge in [-0.3, -0.25) is 0 Å². The van der Waals surface area contributed by atoms with Gasteiger partial charge >= 0.3 is 0 Å². The van der Waals surface area contributed by atoms with Gasteiger partial charge in [0.25, 0.3) is 10.2 Å². The van der Waals surface area contributed by atoms with Crippen molar-refractivity contribution >= 4 is 21.8 Å². The van der Waals surface area contributed by atoms with E-state index in [9.17, 15) is 8.42 Å². The third-order valence-electron chi connectivity index (χ3n) is 2.85. The number of rotatable bonds is 4. The molecule has 1 fully saturated rings. The van der Waals surface area contributed by atoms with Gasteiger partial charge in [-0.1, -0.05) is 6.42 Å². The minimum absolute atomic E-state index is 0.154. The predicted octanol–water partition coefficient (Wildman–Crippen LogP) is 1.28. The summed E-state index contributed by atoms with van der Waals surface area (Å²) < 4.78 is 27.1. The Balaban J connectivity index is 2.72. The highest BCUT2D eigenvalue weighted by molar-refractivity contribution is 7.86. The lowest BCUT2D eigenvalue weighted by Crippen LogP contribution is -2.47. The predicted molar refractivity (Wildman–Crippen MR) is 62.3 cm³/mol. The Hall–Kier alpha value is 0.160. The van der Waals surface area contributed by atoms with E-state index in [-0.39, 0.29) is 6.04 Å². The number of nitrogens with zero attached hydrogens (tertiary/aromatic N) is 2. The molecule has 4 nitrogen and oxygen atoms in total. The Morgan fingerprint density at radius 3 is 2.33 bits per heavy atom. The molecule has 0 radical (unpaired) electrons. The van der Waals surface area contributed by atoms with E-state index in [2.05, 4.69) is 0 Å². The summed E-state index contributed by atoms with van der Waals surface area (Å²) in [6.07, 6.45) is 3.05. The maximum atomic E-state index is 12.1. The van der Waals surface area contributed by atoms with E-state index in [1.165, 1.54) is 4.31 Å². The monoisotopic (exact) mass is 254 g/mol. The van der Waals surface area contributed by atoms with Gasteiger partial charge < -0.3 is 0 Å². The fourth-order valence-corrected chi connectivity index (χ4v) is 3.50. The molecular weight excluding hydrogens is 236 g/mol. The summed E-state index contributed by atoms with van der Waals surface area (Å²) in [5.41, 5.74) is 0. The molecule has 1 aliphatic heterocycles. The number of hydrogen-bond donors (Lipinski definition) is 0. The molecule has 90 valence electrons. The second kappa shape index (κ2) is 5.48. The standard InChI is InChI=1S/C9H19ClN2O2S/c1-9(8-10)11(2)15(13,14)12-6-4-3-5-7-12/h9H,3-8H2,1-2H3. The second-order valence-electron chi connectivity index (χ2n) is 3.99. The topological polar surface area (TPSA) is 40.6 Å². The minimum atomic E-state index is -3.29. The van der Waals surface area contributed by atoms with Crippen LogP contribution in [0.4, 0.5) is 0 Å². The van der Waals surface area contributed by atoms with E-state index < -0.39 is 10.2 Å². The van der Waals surface area contributed by atoms with Crippen molar-refractivity contribution in [3.05, 3.63) is 0 Å². The molecule has 1 saturated heterocycles. The van der Waals surface area contributed by atoms with Gasteiger partial charge in [0.1, 0.15) is 0 Å². The van der Waals surface area contributed by atoms with E-state index in [4.69, 9.17) is 11.6 Å². The van der Waals surface area contributed by atoms with Gasteiger partial charge in [0, 0.05) is 32.1 Å². The van der Waals surface area contributed by atoms with E-state index in [1.807, 2.05) is 6.92 Å². The molecule has 0 aliphatic carbocycles. The summed E-state index contributed by atoms with van der Waals surface area (Å²) in [6, 6.07) is -0.154. The fourth-order valence-electron chi connectivity index (χ4n) is 1.60. The number of halogens is 1. The molecule has 0 aromatic carbocycles. The normalized spacial score (nSPS) is 21.9. The first-order valence-electron chi connectivity index (χ1n) is 5.29. The lowest BCUT2D eigenvalue weighted by molar-refractivity contribution is 0.302. The maximum Gasteiger partial charge on any atom is 0.282 e. The average molecular weight is 255 g/mol. The molecule has 0 spiro atoms. The highest BCUT2D eigenvalue weighted by Crippen LogP contribution is 2.17. The Labute approximate surface area is 97.4 Å². The van der Waals surface area contributed by atoms with Crippen molar-refractivity contribution < 1.29 is 8.42 Å². The zero-order valence-corrected chi connectivity index (χ0v) is 10.9. The summed E-state index contributed by atoms with van der Waals surface area (Å²) in [6.45, 7) is 3.10. The largest absolute Gasteiger partial charge is 0.282 e. The summed E-state index contributed by atoms with van der Waals surface area (Å²) in [7, 11) is -1.70. The van der Waals surface area contributed by atoms with Gasteiger partial charge in [0.05, 0.1) is 0 Å². The summed E-state index contributed by atoms with van der Waals surface area (Å²) in [5, 5.41) is 0. The molecule has 0 saturated carbocycles. The highest BCUT2D eigenvalue weighted by atomic mass is 35.5. The first-order valence-corrected chi connectivity index (χ1v) is 7.22. The van der Waals surface area contributed by atoms with Gasteiger partial charge in [0.2, 0.25) is 0 Å². The zero-order valence-electron chi connectivity index (χ0n) is 9.32. The van der Waals surface area contributed by atoms with Crippen LogP contribution in [0.3, 0.4) is 0 Å². The molecule has 1 heterocycles. The Morgan fingerprint density at radius 2 is 1.87 bits per heavy atom. The van der Waals surface area contributed by atoms with E-state index in [0.717, 1.165) is 19.3 Å². The van der Waals surface area contributed by atoms with Crippen LogP contribution < -0.4 is 0 Å². The molecule has 1 aliphatic rings. The van der Waals surface area contributed by atoms with Crippen LogP contribution in [0.1, 0.15) is 26.2 Å². The highest BCUT2D eigenvalue weighted by Gasteiger charge is 2.30. The van der Waals surface area contributed by atoms with Crippen LogP contribution in [0.15, 0.2) is 0 Å². The maximum absolute atomic E-state index is 12.1. The molecule has 15 heavy (non-hydrogen) atoms. The Kier molecular flexibility index (Phi) is 4.83. The molecule has 1 unspecified atom stereocenters. The smallest absolute Gasteiger partial charge is 0.195 e. The lowest BCUT2D eigenvalue weighted by atomic mass is 10.2. The van der Waals surface area contributed by atoms with Crippen molar-refractivity contribution in [1.82, 2.24) is 8.61 Å². The van der Waals surface area contributed by atoms with Crippen LogP contribution in [0, 0.1) is 0 Å². The minimum Gasteiger partial charge on any atom is -0.195 e. The molecular formula is C9H19ClN2O2S. The van der Waals surface area contributed by atoms with Crippen molar-refractivity contribution in [3.8, 4) is 0 Å². The number of alkyl halides is 1. The van der Waals surface area contributed by atoms with Crippen LogP contribution in [-0.2, 0) is 10.2 Å². The molecule has 0 N–H and O–H groups in total. The van der Waals surface area contributed by atoms with Crippen molar-refractivity contribution in [3.63, 3.8) is 0 Å². The molecule has 0 bridgehead atoms. The third kappa shape index (κ3) is 3.06. The van der Waals surface area contributed by atoms with Crippen LogP contribution in [0.2, 0.25) is 0 Å². The first-order chi connectivity index (χ1) is 7.00. The van der Waals surface area contributed by atoms with E-state index >= 15 is 0 Å². The van der Waals surface area contributed by atoms with Gasteiger partial charge in [-0.25, -0.2) is 0 Å². The number of hydrogen-bond acceptors (Lipinski definition) is 2. The molecule has 6 heteroatoms. The Morgan fingerprint density at radius 1 is 1.33 bits per heavy atom. The molecule has 1 rings (SSSR count). The number of piperidine rings is 1. The zero-order chi connectivity index (χ0) is 11.5. The van der Waals surface area contributed by atoms with Crippen LogP contribution in [0.25, 0.3) is 0 Å². The summed E-state index contributed by atoms with van der Waals surface area (Å²) >= 11 is 5.67. The van der Waals surface area contributed by atoms with Crippen LogP contribution in [0.5, 0.6) is 0 Å². The van der Waals surface area contributed by atoms with Gasteiger partial charge in [-0.15, -0.1) is 11.6 Å². The molecule has 0 aromatic heterocycles. The average Bonchev–Trinajstić information content (AvgIpc) is 2.28. The van der Waals surface area contributed by atoms with Crippen molar-refractivity contribution in [2.45, 2.75) is 32.2 Å². The summed E-state index contributed by atoms with van der Waals surface area (Å²) in [4.78, 5) is 0. The van der Waals surface area contributed by atoms with Crippen LogP contribution in [-0.4, -0.2) is 49.1 Å². The van der Waals surface area contributed by atoms with Crippen molar-refractivity contribution in [2.24, 2.45) is 0 Å². The fraction of sp³-hybridized carbons (Fsp3) is 1.00. The van der Waals surface area contributed by atoms with Crippen molar-refractivity contribution in [2.75, 3.05) is 26.0 Å².